The van der Waals surface area contributed by atoms with Gasteiger partial charge >= 0.3 is 0 Å². The van der Waals surface area contributed by atoms with Crippen LogP contribution in [0.3, 0.4) is 0 Å². The SMILES string of the molecule is O=C(NCCC1CCCC1)c1cccc(S)c1. The number of benzene rings is 1. The Kier molecular flexibility index (Phi) is 4.49. The van der Waals surface area contributed by atoms with Crippen LogP contribution in [0.15, 0.2) is 29.2 Å². The molecule has 1 aliphatic carbocycles. The standard InChI is InChI=1S/C14H19NOS/c16-14(12-6-3-7-13(17)10-12)15-9-8-11-4-1-2-5-11/h3,6-7,10-11,17H,1-2,4-5,8-9H2,(H,15,16). The van der Waals surface area contributed by atoms with Gasteiger partial charge in [-0.1, -0.05) is 31.7 Å². The van der Waals surface area contributed by atoms with Gasteiger partial charge in [-0.2, -0.15) is 0 Å². The van der Waals surface area contributed by atoms with Gasteiger partial charge in [0.1, 0.15) is 0 Å². The number of nitrogens with one attached hydrogen (secondary N) is 1. The summed E-state index contributed by atoms with van der Waals surface area (Å²) >= 11 is 4.23. The maximum Gasteiger partial charge on any atom is 0.251 e. The van der Waals surface area contributed by atoms with E-state index in [2.05, 4.69) is 17.9 Å². The van der Waals surface area contributed by atoms with Crippen molar-refractivity contribution in [2.45, 2.75) is 37.0 Å². The fourth-order valence-electron chi connectivity index (χ4n) is 2.44. The summed E-state index contributed by atoms with van der Waals surface area (Å²) in [5.41, 5.74) is 0.698. The fraction of sp³-hybridized carbons (Fsp3) is 0.500. The highest BCUT2D eigenvalue weighted by atomic mass is 32.1. The zero-order valence-corrected chi connectivity index (χ0v) is 10.9. The molecule has 0 unspecified atom stereocenters. The van der Waals surface area contributed by atoms with Crippen LogP contribution in [0.1, 0.15) is 42.5 Å². The van der Waals surface area contributed by atoms with Gasteiger partial charge in [0.2, 0.25) is 0 Å². The lowest BCUT2D eigenvalue weighted by atomic mass is 10.0. The van der Waals surface area contributed by atoms with Crippen molar-refractivity contribution in [2.24, 2.45) is 5.92 Å². The van der Waals surface area contributed by atoms with Gasteiger partial charge in [0.25, 0.3) is 5.91 Å². The molecular weight excluding hydrogens is 230 g/mol. The zero-order chi connectivity index (χ0) is 12.1. The van der Waals surface area contributed by atoms with E-state index in [1.165, 1.54) is 25.7 Å². The molecule has 92 valence electrons. The van der Waals surface area contributed by atoms with Gasteiger partial charge in [0.15, 0.2) is 0 Å². The number of hydrogen-bond donors (Lipinski definition) is 2. The molecule has 1 aromatic carbocycles. The van der Waals surface area contributed by atoms with E-state index < -0.39 is 0 Å². The Morgan fingerprint density at radius 1 is 1.35 bits per heavy atom. The summed E-state index contributed by atoms with van der Waals surface area (Å²) in [5.74, 6) is 0.838. The van der Waals surface area contributed by atoms with Crippen molar-refractivity contribution in [2.75, 3.05) is 6.54 Å². The number of rotatable bonds is 4. The molecular formula is C14H19NOS. The van der Waals surface area contributed by atoms with Crippen molar-refractivity contribution in [3.63, 3.8) is 0 Å². The number of thiol groups is 1. The van der Waals surface area contributed by atoms with Crippen molar-refractivity contribution in [3.05, 3.63) is 29.8 Å². The van der Waals surface area contributed by atoms with Gasteiger partial charge < -0.3 is 5.32 Å². The molecule has 0 bridgehead atoms. The molecule has 1 amide bonds. The van der Waals surface area contributed by atoms with Crippen LogP contribution in [0, 0.1) is 5.92 Å². The maximum atomic E-state index is 11.8. The molecule has 2 nitrogen and oxygen atoms in total. The Balaban J connectivity index is 1.77. The van der Waals surface area contributed by atoms with E-state index in [0.29, 0.717) is 5.56 Å². The number of carbonyl (C=O) groups is 1. The van der Waals surface area contributed by atoms with Crippen molar-refractivity contribution in [1.82, 2.24) is 5.32 Å². The van der Waals surface area contributed by atoms with Crippen LogP contribution >= 0.6 is 12.6 Å². The second-order valence-electron chi connectivity index (χ2n) is 4.75. The third kappa shape index (κ3) is 3.77. The van der Waals surface area contributed by atoms with Crippen LogP contribution in [0.4, 0.5) is 0 Å². The molecule has 1 saturated carbocycles. The van der Waals surface area contributed by atoms with Crippen LogP contribution < -0.4 is 5.32 Å². The summed E-state index contributed by atoms with van der Waals surface area (Å²) in [7, 11) is 0. The molecule has 1 fully saturated rings. The van der Waals surface area contributed by atoms with Crippen LogP contribution in [0.5, 0.6) is 0 Å². The van der Waals surface area contributed by atoms with Crippen molar-refractivity contribution in [3.8, 4) is 0 Å². The van der Waals surface area contributed by atoms with Crippen LogP contribution in [0.25, 0.3) is 0 Å². The fourth-order valence-corrected chi connectivity index (χ4v) is 2.66. The first kappa shape index (κ1) is 12.5. The normalized spacial score (nSPS) is 16.1. The largest absolute Gasteiger partial charge is 0.352 e. The van der Waals surface area contributed by atoms with Gasteiger partial charge in [-0.25, -0.2) is 0 Å². The number of hydrogen-bond acceptors (Lipinski definition) is 2. The van der Waals surface area contributed by atoms with Gasteiger partial charge in [-0.3, -0.25) is 4.79 Å². The van der Waals surface area contributed by atoms with Gasteiger partial charge in [0.05, 0.1) is 0 Å². The Morgan fingerprint density at radius 3 is 2.82 bits per heavy atom. The minimum absolute atomic E-state index is 0.0129. The average molecular weight is 249 g/mol. The molecule has 0 atom stereocenters. The molecule has 0 aromatic heterocycles. The highest BCUT2D eigenvalue weighted by Gasteiger charge is 2.14. The molecule has 1 N–H and O–H groups in total. The maximum absolute atomic E-state index is 11.8. The van der Waals surface area contributed by atoms with E-state index in [4.69, 9.17) is 0 Å². The van der Waals surface area contributed by atoms with E-state index in [0.717, 1.165) is 23.8 Å². The number of amides is 1. The molecule has 1 aromatic rings. The first-order chi connectivity index (χ1) is 8.25. The highest BCUT2D eigenvalue weighted by molar-refractivity contribution is 7.80. The molecule has 17 heavy (non-hydrogen) atoms. The Hall–Kier alpha value is -0.960. The summed E-state index contributed by atoms with van der Waals surface area (Å²) < 4.78 is 0. The summed E-state index contributed by atoms with van der Waals surface area (Å²) in [5, 5.41) is 2.98. The molecule has 0 saturated heterocycles. The van der Waals surface area contributed by atoms with Gasteiger partial charge in [0, 0.05) is 17.0 Å². The minimum Gasteiger partial charge on any atom is -0.352 e. The van der Waals surface area contributed by atoms with Crippen molar-refractivity contribution in [1.29, 1.82) is 0 Å². The minimum atomic E-state index is 0.0129. The monoisotopic (exact) mass is 249 g/mol. The van der Waals surface area contributed by atoms with Crippen LogP contribution in [0.2, 0.25) is 0 Å². The van der Waals surface area contributed by atoms with E-state index in [-0.39, 0.29) is 5.91 Å². The quantitative estimate of drug-likeness (QED) is 0.788. The topological polar surface area (TPSA) is 29.1 Å². The summed E-state index contributed by atoms with van der Waals surface area (Å²) in [4.78, 5) is 12.7. The van der Waals surface area contributed by atoms with Crippen LogP contribution in [-0.4, -0.2) is 12.5 Å². The molecule has 3 heteroatoms. The van der Waals surface area contributed by atoms with Crippen molar-refractivity contribution < 1.29 is 4.79 Å². The van der Waals surface area contributed by atoms with E-state index in [1.54, 1.807) is 6.07 Å². The highest BCUT2D eigenvalue weighted by Crippen LogP contribution is 2.26. The lowest BCUT2D eigenvalue weighted by molar-refractivity contribution is 0.0951. The van der Waals surface area contributed by atoms with Gasteiger partial charge in [-0.15, -0.1) is 12.6 Å². The number of carbonyl (C=O) groups excluding carboxylic acids is 1. The second-order valence-corrected chi connectivity index (χ2v) is 5.26. The predicted octanol–water partition coefficient (Wildman–Crippen LogP) is 3.29. The molecule has 0 radical (unpaired) electrons. The second kappa shape index (κ2) is 6.10. The summed E-state index contributed by atoms with van der Waals surface area (Å²) in [6, 6.07) is 7.35. The molecule has 0 heterocycles. The van der Waals surface area contributed by atoms with Crippen molar-refractivity contribution >= 4 is 18.5 Å². The Morgan fingerprint density at radius 2 is 2.12 bits per heavy atom. The Bertz CT molecular complexity index is 386. The van der Waals surface area contributed by atoms with E-state index >= 15 is 0 Å². The molecule has 1 aliphatic rings. The predicted molar refractivity (Wildman–Crippen MR) is 72.6 cm³/mol. The van der Waals surface area contributed by atoms with Gasteiger partial charge in [-0.05, 0) is 30.5 Å². The zero-order valence-electron chi connectivity index (χ0n) is 9.98. The molecule has 0 spiro atoms. The Labute approximate surface area is 108 Å². The molecule has 0 aliphatic heterocycles. The summed E-state index contributed by atoms with van der Waals surface area (Å²) in [6.07, 6.45) is 6.51. The third-order valence-corrected chi connectivity index (χ3v) is 3.70. The lowest BCUT2D eigenvalue weighted by Crippen LogP contribution is -2.25. The summed E-state index contributed by atoms with van der Waals surface area (Å²) in [6.45, 7) is 0.792. The van der Waals surface area contributed by atoms with Crippen LogP contribution in [-0.2, 0) is 0 Å². The van der Waals surface area contributed by atoms with E-state index in [9.17, 15) is 4.79 Å². The van der Waals surface area contributed by atoms with E-state index in [1.807, 2.05) is 18.2 Å². The first-order valence-corrected chi connectivity index (χ1v) is 6.77. The third-order valence-electron chi connectivity index (χ3n) is 3.42. The average Bonchev–Trinajstić information content (AvgIpc) is 2.82. The lowest BCUT2D eigenvalue weighted by Gasteiger charge is -2.10. The smallest absolute Gasteiger partial charge is 0.251 e. The first-order valence-electron chi connectivity index (χ1n) is 6.33. The molecule has 2 rings (SSSR count).